The number of amides is 2. The molecule has 0 radical (unpaired) electrons. The number of anilines is 1. The molecule has 2 aromatic carbocycles. The third kappa shape index (κ3) is 5.81. The Morgan fingerprint density at radius 2 is 1.97 bits per heavy atom. The monoisotopic (exact) mass is 522 g/mol. The molecule has 2 aliphatic rings. The number of rotatable bonds is 8. The molecule has 1 saturated heterocycles. The molecule has 2 aromatic rings. The highest BCUT2D eigenvalue weighted by Crippen LogP contribution is 2.36. The van der Waals surface area contributed by atoms with Crippen LogP contribution in [-0.2, 0) is 9.59 Å². The van der Waals surface area contributed by atoms with Gasteiger partial charge in [-0.1, -0.05) is 65.7 Å². The molecule has 4 rings (SSSR count). The van der Waals surface area contributed by atoms with Gasteiger partial charge in [0, 0.05) is 13.0 Å². The van der Waals surface area contributed by atoms with Crippen molar-refractivity contribution in [3.63, 3.8) is 0 Å². The number of hydrogen-bond acceptors (Lipinski definition) is 6. The van der Waals surface area contributed by atoms with Gasteiger partial charge in [0.05, 0.1) is 20.6 Å². The summed E-state index contributed by atoms with van der Waals surface area (Å²) in [7, 11) is 0. The van der Waals surface area contributed by atoms with Crippen LogP contribution in [0.5, 0.6) is 11.5 Å². The summed E-state index contributed by atoms with van der Waals surface area (Å²) in [5.74, 6) is 1.14. The van der Waals surface area contributed by atoms with Crippen molar-refractivity contribution < 1.29 is 19.1 Å². The summed E-state index contributed by atoms with van der Waals surface area (Å²) in [4.78, 5) is 27.2. The zero-order valence-electron chi connectivity index (χ0n) is 17.4. The van der Waals surface area contributed by atoms with Crippen LogP contribution in [-0.4, -0.2) is 34.4 Å². The van der Waals surface area contributed by atoms with E-state index in [1.807, 2.05) is 24.3 Å². The van der Waals surface area contributed by atoms with E-state index in [9.17, 15) is 9.59 Å². The van der Waals surface area contributed by atoms with Gasteiger partial charge >= 0.3 is 0 Å². The molecule has 0 aliphatic carbocycles. The maximum absolute atomic E-state index is 12.8. The largest absolute Gasteiger partial charge is 0.454 e. The van der Waals surface area contributed by atoms with Gasteiger partial charge < -0.3 is 14.8 Å². The zero-order valence-corrected chi connectivity index (χ0v) is 20.6. The molecule has 2 aliphatic heterocycles. The first kappa shape index (κ1) is 23.9. The molecule has 1 fully saturated rings. The fourth-order valence-electron chi connectivity index (χ4n) is 3.39. The second-order valence-electron chi connectivity index (χ2n) is 7.41. The number of nitrogens with zero attached hydrogens (tertiary/aromatic N) is 1. The van der Waals surface area contributed by atoms with Gasteiger partial charge in [-0.3, -0.25) is 14.5 Å². The van der Waals surface area contributed by atoms with Crippen molar-refractivity contribution in [2.45, 2.75) is 25.7 Å². The molecule has 0 saturated carbocycles. The number of hydrogen-bond donors (Lipinski definition) is 1. The lowest BCUT2D eigenvalue weighted by molar-refractivity contribution is -0.122. The minimum absolute atomic E-state index is 0.101. The van der Waals surface area contributed by atoms with E-state index in [0.717, 1.165) is 18.4 Å². The molecule has 1 N–H and O–H groups in total. The number of thioether (sulfide) groups is 1. The molecule has 10 heteroatoms. The van der Waals surface area contributed by atoms with Crippen LogP contribution in [0.2, 0.25) is 10.0 Å². The quantitative estimate of drug-likeness (QED) is 0.255. The summed E-state index contributed by atoms with van der Waals surface area (Å²) in [5, 5.41) is 3.50. The Hall–Kier alpha value is -2.26. The van der Waals surface area contributed by atoms with Crippen molar-refractivity contribution >= 4 is 75.1 Å². The van der Waals surface area contributed by atoms with E-state index >= 15 is 0 Å². The highest BCUT2D eigenvalue weighted by Gasteiger charge is 2.31. The minimum Gasteiger partial charge on any atom is -0.454 e. The lowest BCUT2D eigenvalue weighted by atomic mass is 10.1. The number of ether oxygens (including phenoxy) is 2. The fourth-order valence-corrected chi connectivity index (χ4v) is 5.05. The zero-order chi connectivity index (χ0) is 23.4. The van der Waals surface area contributed by atoms with E-state index in [-0.39, 0.29) is 18.6 Å². The molecule has 172 valence electrons. The van der Waals surface area contributed by atoms with E-state index in [4.69, 9.17) is 44.9 Å². The Morgan fingerprint density at radius 1 is 1.15 bits per heavy atom. The number of unbranched alkanes of at least 4 members (excludes halogenated alkanes) is 2. The smallest absolute Gasteiger partial charge is 0.266 e. The predicted octanol–water partition coefficient (Wildman–Crippen LogP) is 6.12. The summed E-state index contributed by atoms with van der Waals surface area (Å²) < 4.78 is 11.2. The van der Waals surface area contributed by atoms with Crippen molar-refractivity contribution in [3.8, 4) is 11.5 Å². The maximum Gasteiger partial charge on any atom is 0.266 e. The predicted molar refractivity (Wildman–Crippen MR) is 136 cm³/mol. The van der Waals surface area contributed by atoms with Crippen LogP contribution in [0.1, 0.15) is 31.2 Å². The molecule has 0 aromatic heterocycles. The number of fused-ring (bicyclic) bond motifs is 1. The first-order valence-electron chi connectivity index (χ1n) is 10.3. The summed E-state index contributed by atoms with van der Waals surface area (Å²) in [5.41, 5.74) is 1.35. The van der Waals surface area contributed by atoms with Crippen molar-refractivity contribution in [1.29, 1.82) is 0 Å². The average molecular weight is 523 g/mol. The van der Waals surface area contributed by atoms with Crippen LogP contribution in [0.25, 0.3) is 6.08 Å². The third-order valence-electron chi connectivity index (χ3n) is 5.08. The first-order valence-corrected chi connectivity index (χ1v) is 12.3. The van der Waals surface area contributed by atoms with Crippen LogP contribution in [0.15, 0.2) is 41.3 Å². The lowest BCUT2D eigenvalue weighted by Crippen LogP contribution is -2.29. The fraction of sp³-hybridized carbons (Fsp3) is 0.261. The molecule has 2 heterocycles. The summed E-state index contributed by atoms with van der Waals surface area (Å²) in [6.45, 7) is 0.724. The Morgan fingerprint density at radius 3 is 2.82 bits per heavy atom. The van der Waals surface area contributed by atoms with E-state index in [0.29, 0.717) is 55.8 Å². The van der Waals surface area contributed by atoms with E-state index in [2.05, 4.69) is 5.32 Å². The van der Waals surface area contributed by atoms with Gasteiger partial charge in [0.2, 0.25) is 12.7 Å². The van der Waals surface area contributed by atoms with Crippen LogP contribution < -0.4 is 14.8 Å². The average Bonchev–Trinajstić information content (AvgIpc) is 3.36. The Labute approximate surface area is 211 Å². The normalized spacial score (nSPS) is 16.1. The summed E-state index contributed by atoms with van der Waals surface area (Å²) in [6.07, 6.45) is 4.38. The minimum atomic E-state index is -0.128. The van der Waals surface area contributed by atoms with Crippen molar-refractivity contribution in [3.05, 3.63) is 56.9 Å². The number of benzene rings is 2. The molecule has 2 amide bonds. The van der Waals surface area contributed by atoms with Crippen LogP contribution in [0.3, 0.4) is 0 Å². The number of carbonyl (C=O) groups is 2. The summed E-state index contributed by atoms with van der Waals surface area (Å²) >= 11 is 18.8. The van der Waals surface area contributed by atoms with Crippen LogP contribution in [0, 0.1) is 0 Å². The molecule has 0 atom stereocenters. The van der Waals surface area contributed by atoms with Gasteiger partial charge in [0.15, 0.2) is 11.5 Å². The van der Waals surface area contributed by atoms with Gasteiger partial charge in [-0.25, -0.2) is 0 Å². The second kappa shape index (κ2) is 10.8. The number of nitrogens with one attached hydrogen (secondary N) is 1. The molecule has 0 unspecified atom stereocenters. The molecule has 0 spiro atoms. The van der Waals surface area contributed by atoms with Crippen molar-refractivity contribution in [2.75, 3.05) is 18.7 Å². The molecular formula is C23H20Cl2N2O4S2. The SMILES string of the molecule is O=C(CCCCCN1C(=O)C(=Cc2ccc3c(c2)OCO3)SC1=S)Nc1cccc(Cl)c1Cl. The summed E-state index contributed by atoms with van der Waals surface area (Å²) in [6, 6.07) is 10.6. The highest BCUT2D eigenvalue weighted by molar-refractivity contribution is 8.26. The van der Waals surface area contributed by atoms with Gasteiger partial charge in [0.25, 0.3) is 5.91 Å². The van der Waals surface area contributed by atoms with E-state index in [1.165, 1.54) is 11.8 Å². The van der Waals surface area contributed by atoms with Crippen LogP contribution >= 0.6 is 47.2 Å². The highest BCUT2D eigenvalue weighted by atomic mass is 35.5. The van der Waals surface area contributed by atoms with Gasteiger partial charge in [-0.2, -0.15) is 0 Å². The maximum atomic E-state index is 12.8. The molecule has 33 heavy (non-hydrogen) atoms. The lowest BCUT2D eigenvalue weighted by Gasteiger charge is -2.14. The number of carbonyl (C=O) groups excluding carboxylic acids is 2. The Balaban J connectivity index is 1.23. The van der Waals surface area contributed by atoms with Crippen LogP contribution in [0.4, 0.5) is 5.69 Å². The van der Waals surface area contributed by atoms with E-state index < -0.39 is 0 Å². The van der Waals surface area contributed by atoms with Gasteiger partial charge in [-0.05, 0) is 48.7 Å². The third-order valence-corrected chi connectivity index (χ3v) is 7.28. The van der Waals surface area contributed by atoms with Crippen molar-refractivity contribution in [2.24, 2.45) is 0 Å². The number of thiocarbonyl (C=S) groups is 1. The molecule has 6 nitrogen and oxygen atoms in total. The first-order chi connectivity index (χ1) is 15.9. The second-order valence-corrected chi connectivity index (χ2v) is 9.87. The van der Waals surface area contributed by atoms with Gasteiger partial charge in [-0.15, -0.1) is 0 Å². The standard InChI is InChI=1S/C23H20Cl2N2O4S2/c24-15-5-4-6-16(21(15)25)26-20(28)7-2-1-3-10-27-22(29)19(33-23(27)32)12-14-8-9-17-18(11-14)31-13-30-17/h4-6,8-9,11-12H,1-3,7,10,13H2,(H,26,28). The molecular weight excluding hydrogens is 503 g/mol. The number of halogens is 2. The van der Waals surface area contributed by atoms with Gasteiger partial charge in [0.1, 0.15) is 4.32 Å². The Bertz CT molecular complexity index is 1140. The Kier molecular flexibility index (Phi) is 7.80. The topological polar surface area (TPSA) is 67.9 Å². The molecule has 0 bridgehead atoms. The van der Waals surface area contributed by atoms with E-state index in [1.54, 1.807) is 23.1 Å². The van der Waals surface area contributed by atoms with Crippen molar-refractivity contribution in [1.82, 2.24) is 4.90 Å².